The number of sulfonamides is 1. The second kappa shape index (κ2) is 8.10. The molecule has 26 heavy (non-hydrogen) atoms. The van der Waals surface area contributed by atoms with Crippen LogP contribution in [0.25, 0.3) is 0 Å². The van der Waals surface area contributed by atoms with Crippen molar-refractivity contribution in [3.8, 4) is 0 Å². The minimum Gasteiger partial charge on any atom is -0.343 e. The Labute approximate surface area is 159 Å². The number of benzene rings is 2. The maximum atomic E-state index is 12.4. The summed E-state index contributed by atoms with van der Waals surface area (Å²) in [6.45, 7) is 1.73. The van der Waals surface area contributed by atoms with Gasteiger partial charge in [-0.1, -0.05) is 29.8 Å². The quantitative estimate of drug-likeness (QED) is 0.815. The molecule has 0 radical (unpaired) electrons. The molecular weight excluding hydrogens is 372 g/mol. The molecule has 2 aromatic carbocycles. The summed E-state index contributed by atoms with van der Waals surface area (Å²) in [6, 6.07) is 13.2. The monoisotopic (exact) mass is 392 g/mol. The predicted octanol–water partition coefficient (Wildman–Crippen LogP) is 3.70. The van der Waals surface area contributed by atoms with E-state index in [4.69, 9.17) is 11.6 Å². The van der Waals surface area contributed by atoms with Gasteiger partial charge in [0, 0.05) is 30.2 Å². The largest absolute Gasteiger partial charge is 0.343 e. The zero-order chi connectivity index (χ0) is 18.6. The Hall–Kier alpha value is -2.05. The van der Waals surface area contributed by atoms with Gasteiger partial charge in [-0.15, -0.1) is 0 Å². The fourth-order valence-electron chi connectivity index (χ4n) is 2.96. The fraction of sp³-hybridized carbons (Fsp3) is 0.316. The van der Waals surface area contributed by atoms with E-state index in [1.54, 1.807) is 24.3 Å². The summed E-state index contributed by atoms with van der Waals surface area (Å²) in [4.78, 5) is 14.1. The van der Waals surface area contributed by atoms with Gasteiger partial charge in [-0.3, -0.25) is 9.52 Å². The molecule has 1 aliphatic rings. The molecule has 1 amide bonds. The third kappa shape index (κ3) is 4.77. The summed E-state index contributed by atoms with van der Waals surface area (Å²) in [7, 11) is -3.68. The molecule has 1 aliphatic heterocycles. The number of carbonyl (C=O) groups is 1. The molecule has 0 spiro atoms. The van der Waals surface area contributed by atoms with Crippen LogP contribution in [0.2, 0.25) is 5.02 Å². The first-order chi connectivity index (χ1) is 12.4. The van der Waals surface area contributed by atoms with Gasteiger partial charge < -0.3 is 4.90 Å². The summed E-state index contributed by atoms with van der Waals surface area (Å²) < 4.78 is 27.3. The molecule has 0 unspecified atom stereocenters. The third-order valence-corrected chi connectivity index (χ3v) is 6.01. The van der Waals surface area contributed by atoms with E-state index in [1.165, 1.54) is 12.1 Å². The molecule has 1 heterocycles. The van der Waals surface area contributed by atoms with Gasteiger partial charge >= 0.3 is 0 Å². The van der Waals surface area contributed by atoms with E-state index in [0.29, 0.717) is 23.6 Å². The minimum absolute atomic E-state index is 0.116. The van der Waals surface area contributed by atoms with Crippen molar-refractivity contribution in [1.82, 2.24) is 4.90 Å². The second-order valence-electron chi connectivity index (χ2n) is 6.35. The van der Waals surface area contributed by atoms with E-state index >= 15 is 0 Å². The summed E-state index contributed by atoms with van der Waals surface area (Å²) in [6.07, 6.45) is 3.31. The molecule has 1 saturated heterocycles. The number of rotatable bonds is 6. The van der Waals surface area contributed by atoms with Crippen LogP contribution in [0.3, 0.4) is 0 Å². The molecule has 5 nitrogen and oxygen atoms in total. The van der Waals surface area contributed by atoms with Crippen LogP contribution in [0.1, 0.15) is 24.8 Å². The smallest absolute Gasteiger partial charge is 0.261 e. The highest BCUT2D eigenvalue weighted by atomic mass is 35.5. The SMILES string of the molecule is O=C(CCc1ccc(NS(=O)(=O)c2cccc(Cl)c2)cc1)N1CCCC1. The lowest BCUT2D eigenvalue weighted by Gasteiger charge is -2.15. The number of nitrogens with one attached hydrogen (secondary N) is 1. The molecule has 0 saturated carbocycles. The molecule has 1 fully saturated rings. The Kier molecular flexibility index (Phi) is 5.84. The summed E-state index contributed by atoms with van der Waals surface area (Å²) in [5, 5.41) is 0.367. The first-order valence-electron chi connectivity index (χ1n) is 8.59. The number of likely N-dealkylation sites (tertiary alicyclic amines) is 1. The van der Waals surface area contributed by atoms with E-state index in [9.17, 15) is 13.2 Å². The Balaban J connectivity index is 1.59. The number of hydrogen-bond acceptors (Lipinski definition) is 3. The van der Waals surface area contributed by atoms with Crippen molar-refractivity contribution >= 4 is 33.2 Å². The lowest BCUT2D eigenvalue weighted by molar-refractivity contribution is -0.130. The van der Waals surface area contributed by atoms with E-state index in [2.05, 4.69) is 4.72 Å². The summed E-state index contributed by atoms with van der Waals surface area (Å²) >= 11 is 5.86. The van der Waals surface area contributed by atoms with Crippen LogP contribution in [-0.4, -0.2) is 32.3 Å². The topological polar surface area (TPSA) is 66.5 Å². The third-order valence-electron chi connectivity index (χ3n) is 4.40. The summed E-state index contributed by atoms with van der Waals surface area (Å²) in [5.74, 6) is 0.188. The lowest BCUT2D eigenvalue weighted by atomic mass is 10.1. The van der Waals surface area contributed by atoms with Crippen molar-refractivity contribution in [3.05, 3.63) is 59.1 Å². The van der Waals surface area contributed by atoms with Gasteiger partial charge in [-0.05, 0) is 55.2 Å². The molecule has 1 N–H and O–H groups in total. The van der Waals surface area contributed by atoms with Gasteiger partial charge in [0.1, 0.15) is 0 Å². The Morgan fingerprint density at radius 2 is 1.77 bits per heavy atom. The highest BCUT2D eigenvalue weighted by Gasteiger charge is 2.17. The molecule has 0 atom stereocenters. The van der Waals surface area contributed by atoms with Gasteiger partial charge in [-0.2, -0.15) is 0 Å². The normalized spacial score (nSPS) is 14.4. The molecule has 138 valence electrons. The summed E-state index contributed by atoms with van der Waals surface area (Å²) in [5.41, 5.74) is 1.47. The standard InChI is InChI=1S/C19H21ClN2O3S/c20-16-4-3-5-18(14-16)26(24,25)21-17-9-6-15(7-10-17)8-11-19(23)22-12-1-2-13-22/h3-7,9-10,14,21H,1-2,8,11-13H2. The molecule has 3 rings (SSSR count). The first kappa shape index (κ1) is 18.7. The average molecular weight is 393 g/mol. The van der Waals surface area contributed by atoms with Crippen LogP contribution in [0.5, 0.6) is 0 Å². The van der Waals surface area contributed by atoms with Crippen molar-refractivity contribution in [2.75, 3.05) is 17.8 Å². The Bertz CT molecular complexity index is 876. The number of halogens is 1. The van der Waals surface area contributed by atoms with Gasteiger partial charge in [-0.25, -0.2) is 8.42 Å². The molecule has 0 aromatic heterocycles. The average Bonchev–Trinajstić information content (AvgIpc) is 3.15. The molecule has 7 heteroatoms. The van der Waals surface area contributed by atoms with Crippen LogP contribution in [0.15, 0.2) is 53.4 Å². The van der Waals surface area contributed by atoms with Crippen LogP contribution in [0, 0.1) is 0 Å². The number of amides is 1. The molecule has 0 aliphatic carbocycles. The Morgan fingerprint density at radius 1 is 1.08 bits per heavy atom. The molecular formula is C19H21ClN2O3S. The lowest BCUT2D eigenvalue weighted by Crippen LogP contribution is -2.27. The van der Waals surface area contributed by atoms with E-state index < -0.39 is 10.0 Å². The number of anilines is 1. The highest BCUT2D eigenvalue weighted by molar-refractivity contribution is 7.92. The fourth-order valence-corrected chi connectivity index (χ4v) is 4.32. The van der Waals surface area contributed by atoms with E-state index in [0.717, 1.165) is 31.5 Å². The maximum absolute atomic E-state index is 12.4. The molecule has 0 bridgehead atoms. The van der Waals surface area contributed by atoms with E-state index in [-0.39, 0.29) is 10.8 Å². The van der Waals surface area contributed by atoms with Gasteiger partial charge in [0.2, 0.25) is 5.91 Å². The van der Waals surface area contributed by atoms with Crippen molar-refractivity contribution in [2.24, 2.45) is 0 Å². The second-order valence-corrected chi connectivity index (χ2v) is 8.47. The minimum atomic E-state index is -3.68. The van der Waals surface area contributed by atoms with Crippen LogP contribution in [-0.2, 0) is 21.2 Å². The van der Waals surface area contributed by atoms with Gasteiger partial charge in [0.15, 0.2) is 0 Å². The zero-order valence-corrected chi connectivity index (χ0v) is 15.9. The van der Waals surface area contributed by atoms with Gasteiger partial charge in [0.05, 0.1) is 4.90 Å². The van der Waals surface area contributed by atoms with Gasteiger partial charge in [0.25, 0.3) is 10.0 Å². The van der Waals surface area contributed by atoms with Crippen LogP contribution >= 0.6 is 11.6 Å². The van der Waals surface area contributed by atoms with E-state index in [1.807, 2.05) is 17.0 Å². The molecule has 2 aromatic rings. The number of carbonyl (C=O) groups excluding carboxylic acids is 1. The number of aryl methyl sites for hydroxylation is 1. The number of hydrogen-bond donors (Lipinski definition) is 1. The maximum Gasteiger partial charge on any atom is 0.261 e. The first-order valence-corrected chi connectivity index (χ1v) is 10.5. The van der Waals surface area contributed by atoms with Crippen LogP contribution in [0.4, 0.5) is 5.69 Å². The van der Waals surface area contributed by atoms with Crippen molar-refractivity contribution in [1.29, 1.82) is 0 Å². The highest BCUT2D eigenvalue weighted by Crippen LogP contribution is 2.20. The van der Waals surface area contributed by atoms with Crippen LogP contribution < -0.4 is 4.72 Å². The number of nitrogens with zero attached hydrogens (tertiary/aromatic N) is 1. The predicted molar refractivity (Wildman–Crippen MR) is 103 cm³/mol. The zero-order valence-electron chi connectivity index (χ0n) is 14.3. The van der Waals surface area contributed by atoms with Crippen molar-refractivity contribution in [3.63, 3.8) is 0 Å². The van der Waals surface area contributed by atoms with Crippen molar-refractivity contribution in [2.45, 2.75) is 30.6 Å². The Morgan fingerprint density at radius 3 is 2.42 bits per heavy atom. The van der Waals surface area contributed by atoms with Crippen molar-refractivity contribution < 1.29 is 13.2 Å².